The molecule has 3 rings (SSSR count). The number of carbonyl (C=O) groups is 4. The number of amides is 3. The molecule has 1 saturated carbocycles. The van der Waals surface area contributed by atoms with E-state index in [1.807, 2.05) is 0 Å². The largest absolute Gasteiger partial charge is 0.456 e. The average Bonchev–Trinajstić information content (AvgIpc) is 3.15. The second-order valence-corrected chi connectivity index (χ2v) is 9.27. The highest BCUT2D eigenvalue weighted by molar-refractivity contribution is 7.12. The fourth-order valence-electron chi connectivity index (χ4n) is 4.48. The van der Waals surface area contributed by atoms with Crippen molar-refractivity contribution >= 4 is 35.0 Å². The molecular weight excluding hydrogens is 368 g/mol. The Bertz CT molecular complexity index is 773. The van der Waals surface area contributed by atoms with E-state index >= 15 is 0 Å². The minimum absolute atomic E-state index is 0.0791. The third-order valence-electron chi connectivity index (χ3n) is 5.07. The summed E-state index contributed by atoms with van der Waals surface area (Å²) in [6.07, 6.45) is 2.07. The molecule has 0 aromatic carbocycles. The lowest BCUT2D eigenvalue weighted by Crippen LogP contribution is -2.54. The molecule has 2 heterocycles. The molecule has 7 nitrogen and oxygen atoms in total. The van der Waals surface area contributed by atoms with E-state index in [1.165, 1.54) is 11.3 Å². The molecule has 0 bridgehead atoms. The van der Waals surface area contributed by atoms with Gasteiger partial charge in [0.15, 0.2) is 6.61 Å². The molecule has 146 valence electrons. The summed E-state index contributed by atoms with van der Waals surface area (Å²) < 4.78 is 4.97. The number of urea groups is 1. The van der Waals surface area contributed by atoms with Crippen LogP contribution in [0.15, 0.2) is 17.5 Å². The number of ketones is 1. The van der Waals surface area contributed by atoms with Gasteiger partial charge in [0, 0.05) is 0 Å². The lowest BCUT2D eigenvalue weighted by Gasteiger charge is -2.43. The maximum absolute atomic E-state index is 13.0. The monoisotopic (exact) mass is 392 g/mol. The van der Waals surface area contributed by atoms with Gasteiger partial charge in [-0.15, -0.1) is 11.3 Å². The fourth-order valence-corrected chi connectivity index (χ4v) is 5.13. The fraction of sp³-hybridized carbons (Fsp3) is 0.579. The van der Waals surface area contributed by atoms with Crippen LogP contribution in [0.1, 0.15) is 49.7 Å². The molecule has 3 amide bonds. The Labute approximate surface area is 162 Å². The second kappa shape index (κ2) is 7.07. The topological polar surface area (TPSA) is 92.8 Å². The van der Waals surface area contributed by atoms with Gasteiger partial charge in [0.1, 0.15) is 12.1 Å². The molecule has 2 aliphatic rings. The van der Waals surface area contributed by atoms with Crippen molar-refractivity contribution in [1.82, 2.24) is 10.2 Å². The van der Waals surface area contributed by atoms with Crippen molar-refractivity contribution in [1.29, 1.82) is 0 Å². The lowest BCUT2D eigenvalue weighted by molar-refractivity contribution is -0.147. The molecule has 0 radical (unpaired) electrons. The highest BCUT2D eigenvalue weighted by Gasteiger charge is 2.56. The minimum atomic E-state index is -0.953. The Kier molecular flexibility index (Phi) is 5.12. The van der Waals surface area contributed by atoms with Crippen molar-refractivity contribution in [3.05, 3.63) is 22.4 Å². The lowest BCUT2D eigenvalue weighted by atomic mass is 9.64. The van der Waals surface area contributed by atoms with Crippen LogP contribution in [0, 0.1) is 11.3 Å². The maximum Gasteiger partial charge on any atom is 0.326 e. The number of hydrogen-bond acceptors (Lipinski definition) is 6. The highest BCUT2D eigenvalue weighted by Crippen LogP contribution is 2.46. The first-order valence-corrected chi connectivity index (χ1v) is 9.86. The Morgan fingerprint density at radius 2 is 2.07 bits per heavy atom. The van der Waals surface area contributed by atoms with Crippen molar-refractivity contribution in [2.75, 3.05) is 13.2 Å². The molecule has 2 atom stereocenters. The first-order valence-electron chi connectivity index (χ1n) is 8.98. The molecule has 1 aromatic rings. The number of rotatable bonds is 5. The number of nitrogens with zero attached hydrogens (tertiary/aromatic N) is 1. The van der Waals surface area contributed by atoms with Crippen molar-refractivity contribution < 1.29 is 23.9 Å². The first-order chi connectivity index (χ1) is 12.6. The van der Waals surface area contributed by atoms with E-state index in [-0.39, 0.29) is 23.0 Å². The van der Waals surface area contributed by atoms with Crippen LogP contribution in [0.2, 0.25) is 0 Å². The number of hydrogen-bond donors (Lipinski definition) is 1. The molecule has 27 heavy (non-hydrogen) atoms. The van der Waals surface area contributed by atoms with Gasteiger partial charge in [0.2, 0.25) is 5.78 Å². The molecule has 1 N–H and O–H groups in total. The van der Waals surface area contributed by atoms with E-state index in [0.29, 0.717) is 17.7 Å². The SMILES string of the molecule is C[C@@H]1CC(C)(C)C[C@@]2(C1)NC(=O)N(CC(=O)OCC(=O)c1cccs1)C2=O. The molecule has 1 spiro atoms. The van der Waals surface area contributed by atoms with Crippen LogP contribution in [0.3, 0.4) is 0 Å². The van der Waals surface area contributed by atoms with Gasteiger partial charge in [0.25, 0.3) is 5.91 Å². The van der Waals surface area contributed by atoms with Gasteiger partial charge >= 0.3 is 12.0 Å². The van der Waals surface area contributed by atoms with E-state index in [4.69, 9.17) is 4.74 Å². The standard InChI is InChI=1S/C19H24N2O5S/c1-12-7-18(2,3)11-19(8-12)16(24)21(17(25)20-19)9-15(23)26-10-13(22)14-5-4-6-27-14/h4-6,12H,7-11H2,1-3H3,(H,20,25)/t12-,19-/m1/s1. The Morgan fingerprint density at radius 3 is 2.70 bits per heavy atom. The van der Waals surface area contributed by atoms with Crippen LogP contribution in [0.4, 0.5) is 4.79 Å². The zero-order valence-electron chi connectivity index (χ0n) is 15.7. The van der Waals surface area contributed by atoms with Crippen molar-refractivity contribution in [3.8, 4) is 0 Å². The molecule has 1 aliphatic heterocycles. The predicted molar refractivity (Wildman–Crippen MR) is 99.4 cm³/mol. The van der Waals surface area contributed by atoms with Crippen LogP contribution < -0.4 is 5.32 Å². The van der Waals surface area contributed by atoms with Gasteiger partial charge in [0.05, 0.1) is 4.88 Å². The van der Waals surface area contributed by atoms with Crippen molar-refractivity contribution in [2.45, 2.75) is 45.6 Å². The van der Waals surface area contributed by atoms with Crippen LogP contribution in [-0.4, -0.2) is 47.3 Å². The molecular formula is C19H24N2O5S. The summed E-state index contributed by atoms with van der Waals surface area (Å²) in [6.45, 7) is 5.33. The van der Waals surface area contributed by atoms with E-state index in [9.17, 15) is 19.2 Å². The molecule has 2 fully saturated rings. The Morgan fingerprint density at radius 1 is 1.33 bits per heavy atom. The molecule has 8 heteroatoms. The van der Waals surface area contributed by atoms with Crippen LogP contribution in [0.5, 0.6) is 0 Å². The minimum Gasteiger partial charge on any atom is -0.456 e. The van der Waals surface area contributed by atoms with E-state index in [1.54, 1.807) is 17.5 Å². The highest BCUT2D eigenvalue weighted by atomic mass is 32.1. The summed E-state index contributed by atoms with van der Waals surface area (Å²) in [5.41, 5.74) is -1.03. The van der Waals surface area contributed by atoms with Gasteiger partial charge < -0.3 is 10.1 Å². The zero-order valence-corrected chi connectivity index (χ0v) is 16.6. The number of thiophene rings is 1. The quantitative estimate of drug-likeness (QED) is 0.472. The number of carbonyl (C=O) groups excluding carboxylic acids is 4. The van der Waals surface area contributed by atoms with Gasteiger partial charge in [-0.3, -0.25) is 19.3 Å². The number of imide groups is 1. The second-order valence-electron chi connectivity index (χ2n) is 8.32. The predicted octanol–water partition coefficient (Wildman–Crippen LogP) is 2.61. The summed E-state index contributed by atoms with van der Waals surface area (Å²) in [7, 11) is 0. The zero-order chi connectivity index (χ0) is 19.8. The molecule has 1 aliphatic carbocycles. The average molecular weight is 392 g/mol. The van der Waals surface area contributed by atoms with Crippen molar-refractivity contribution in [2.24, 2.45) is 11.3 Å². The number of nitrogens with one attached hydrogen (secondary N) is 1. The Balaban J connectivity index is 1.62. The van der Waals surface area contributed by atoms with Crippen LogP contribution in [-0.2, 0) is 14.3 Å². The van der Waals surface area contributed by atoms with E-state index in [2.05, 4.69) is 26.1 Å². The van der Waals surface area contributed by atoms with Gasteiger partial charge in [-0.2, -0.15) is 0 Å². The number of ether oxygens (including phenoxy) is 1. The van der Waals surface area contributed by atoms with Gasteiger partial charge in [-0.25, -0.2) is 4.79 Å². The van der Waals surface area contributed by atoms with Crippen LogP contribution >= 0.6 is 11.3 Å². The first kappa shape index (κ1) is 19.5. The van der Waals surface area contributed by atoms with Crippen LogP contribution in [0.25, 0.3) is 0 Å². The third-order valence-corrected chi connectivity index (χ3v) is 5.98. The molecule has 0 unspecified atom stereocenters. The number of esters is 1. The summed E-state index contributed by atoms with van der Waals surface area (Å²) in [5.74, 6) is -1.18. The normalized spacial score (nSPS) is 26.9. The van der Waals surface area contributed by atoms with E-state index < -0.39 is 30.7 Å². The van der Waals surface area contributed by atoms with E-state index in [0.717, 1.165) is 11.3 Å². The summed E-state index contributed by atoms with van der Waals surface area (Å²) in [6, 6.07) is 2.80. The van der Waals surface area contributed by atoms with Gasteiger partial charge in [-0.1, -0.05) is 26.8 Å². The summed E-state index contributed by atoms with van der Waals surface area (Å²) in [4.78, 5) is 50.7. The molecule has 1 saturated heterocycles. The summed E-state index contributed by atoms with van der Waals surface area (Å²) >= 11 is 1.26. The molecule has 1 aromatic heterocycles. The maximum atomic E-state index is 13.0. The smallest absolute Gasteiger partial charge is 0.326 e. The Hall–Kier alpha value is -2.22. The summed E-state index contributed by atoms with van der Waals surface area (Å²) in [5, 5.41) is 4.57. The van der Waals surface area contributed by atoms with Gasteiger partial charge in [-0.05, 0) is 42.0 Å². The van der Waals surface area contributed by atoms with Crippen molar-refractivity contribution in [3.63, 3.8) is 0 Å². The third kappa shape index (κ3) is 4.05. The number of Topliss-reactive ketones (excluding diaryl/α,β-unsaturated/α-hetero) is 1.